The molecule has 0 fully saturated rings. The van der Waals surface area contributed by atoms with Crippen molar-refractivity contribution >= 4 is 17.9 Å². The Balaban J connectivity index is 4.45. The van der Waals surface area contributed by atoms with E-state index in [-0.39, 0.29) is 38.0 Å². The molecule has 0 spiro atoms. The molecule has 0 aliphatic carbocycles. The molecule has 0 bridgehead atoms. The Kier molecular flexibility index (Phi) is 49.1. The molecule has 1 atom stereocenters. The minimum atomic E-state index is -0.833. The number of unbranched alkanes of at least 4 members (excludes halogenated alkanes) is 21. The third kappa shape index (κ3) is 50.7. The molecule has 0 radical (unpaired) electrons. The zero-order chi connectivity index (χ0) is 47.2. The van der Waals surface area contributed by atoms with Crippen LogP contribution in [0.3, 0.4) is 0 Å². The van der Waals surface area contributed by atoms with Gasteiger partial charge in [0.25, 0.3) is 0 Å². The molecule has 0 saturated heterocycles. The molecule has 0 aliphatic rings. The molecule has 65 heavy (non-hydrogen) atoms. The average molecular weight is 899 g/mol. The van der Waals surface area contributed by atoms with Crippen molar-refractivity contribution in [2.75, 3.05) is 13.2 Å². The zero-order valence-corrected chi connectivity index (χ0v) is 41.7. The quantitative estimate of drug-likeness (QED) is 0.0199. The second-order valence-electron chi connectivity index (χ2n) is 16.9. The van der Waals surface area contributed by atoms with Crippen molar-refractivity contribution in [2.45, 2.75) is 219 Å². The molecule has 366 valence electrons. The number of ether oxygens (including phenoxy) is 3. The Labute approximate surface area is 399 Å². The number of carbonyl (C=O) groups is 3. The van der Waals surface area contributed by atoms with Gasteiger partial charge in [0.1, 0.15) is 13.2 Å². The summed E-state index contributed by atoms with van der Waals surface area (Å²) in [5.41, 5.74) is 0. The molecule has 0 rings (SSSR count). The van der Waals surface area contributed by atoms with Crippen LogP contribution in [-0.4, -0.2) is 37.2 Å². The topological polar surface area (TPSA) is 78.9 Å². The average Bonchev–Trinajstić information content (AvgIpc) is 3.30. The molecule has 0 aromatic rings. The van der Waals surface area contributed by atoms with Crippen molar-refractivity contribution < 1.29 is 28.6 Å². The lowest BCUT2D eigenvalue weighted by atomic mass is 10.0. The van der Waals surface area contributed by atoms with E-state index >= 15 is 0 Å². The first-order chi connectivity index (χ1) is 32.0. The van der Waals surface area contributed by atoms with Crippen LogP contribution in [0.5, 0.6) is 0 Å². The Morgan fingerprint density at radius 3 is 1.20 bits per heavy atom. The fourth-order valence-corrected chi connectivity index (χ4v) is 6.84. The number of hydrogen-bond acceptors (Lipinski definition) is 6. The highest BCUT2D eigenvalue weighted by Gasteiger charge is 2.19. The zero-order valence-electron chi connectivity index (χ0n) is 41.7. The summed E-state index contributed by atoms with van der Waals surface area (Å²) in [4.78, 5) is 37.8. The van der Waals surface area contributed by atoms with E-state index in [1.807, 2.05) is 79.0 Å². The summed E-state index contributed by atoms with van der Waals surface area (Å²) >= 11 is 0. The lowest BCUT2D eigenvalue weighted by Gasteiger charge is -2.18. The predicted molar refractivity (Wildman–Crippen MR) is 279 cm³/mol. The molecule has 1 unspecified atom stereocenters. The normalized spacial score (nSPS) is 13.1. The maximum absolute atomic E-state index is 12.8. The highest BCUT2D eigenvalue weighted by Crippen LogP contribution is 2.15. The van der Waals surface area contributed by atoms with Gasteiger partial charge in [-0.25, -0.2) is 0 Å². The number of allylic oxidation sites excluding steroid dienone is 19. The number of hydrogen-bond donors (Lipinski definition) is 0. The Morgan fingerprint density at radius 2 is 0.723 bits per heavy atom. The van der Waals surface area contributed by atoms with Gasteiger partial charge in [0.15, 0.2) is 6.10 Å². The summed E-state index contributed by atoms with van der Waals surface area (Å²) in [5, 5.41) is 0. The largest absolute Gasteiger partial charge is 0.462 e. The Hall–Kier alpha value is -4.19. The minimum Gasteiger partial charge on any atom is -0.462 e. The van der Waals surface area contributed by atoms with E-state index in [4.69, 9.17) is 14.2 Å². The van der Waals surface area contributed by atoms with Crippen molar-refractivity contribution in [1.29, 1.82) is 0 Å². The fraction of sp³-hybridized carbons (Fsp3) is 0.610. The summed E-state index contributed by atoms with van der Waals surface area (Å²) in [7, 11) is 0. The molecule has 0 heterocycles. The predicted octanol–water partition coefficient (Wildman–Crippen LogP) is 17.3. The summed E-state index contributed by atoms with van der Waals surface area (Å²) in [6, 6.07) is 0. The maximum atomic E-state index is 12.8. The third-order valence-electron chi connectivity index (χ3n) is 10.7. The van der Waals surface area contributed by atoms with Crippen molar-refractivity contribution in [2.24, 2.45) is 0 Å². The van der Waals surface area contributed by atoms with E-state index in [9.17, 15) is 14.4 Å². The van der Waals surface area contributed by atoms with Gasteiger partial charge < -0.3 is 14.2 Å². The van der Waals surface area contributed by atoms with Gasteiger partial charge in [-0.2, -0.15) is 0 Å². The van der Waals surface area contributed by atoms with Crippen LogP contribution in [-0.2, 0) is 28.6 Å². The highest BCUT2D eigenvalue weighted by atomic mass is 16.6. The standard InChI is InChI=1S/C59H94O6/c1-4-7-10-13-16-19-21-23-25-27-29-31-33-35-37-40-43-46-49-52-58(61)64-55-56(54-63-57(60)51-48-45-42-39-18-15-12-9-6-3)65-59(62)53-50-47-44-41-38-36-34-32-30-28-26-24-22-20-17-14-11-8-5-2/h7,9-10,12-13,16,18-19,21,23,25,27,29,31,33,35,37,39,45,48,56H,4-6,8,11,14-15,17,20,22,24,26,28,30,32,34,36,38,40-44,46-47,49-55H2,1-3H3/b10-7-,12-9-,16-13-,21-19-,25-23-,29-27+,33-31-,37-35-,39-18-,48-45-. The van der Waals surface area contributed by atoms with Gasteiger partial charge in [-0.1, -0.05) is 264 Å². The van der Waals surface area contributed by atoms with Gasteiger partial charge in [-0.3, -0.25) is 14.4 Å². The minimum absolute atomic E-state index is 0.123. The molecule has 0 aliphatic heterocycles. The van der Waals surface area contributed by atoms with Gasteiger partial charge in [0.05, 0.1) is 6.42 Å². The second kappa shape index (κ2) is 52.4. The SMILES string of the molecule is CC\C=C/C=C\C=C/C=C\C=C\C=C/C=C\CCCCCC(=O)OCC(COC(=O)C/C=C\C/C=C\C/C=C\CC)OC(=O)CCCCCCCCCCCCCCCCCCCCC. The summed E-state index contributed by atoms with van der Waals surface area (Å²) in [5.74, 6) is -1.10. The Bertz CT molecular complexity index is 1400. The van der Waals surface area contributed by atoms with Gasteiger partial charge in [0, 0.05) is 12.8 Å². The van der Waals surface area contributed by atoms with Gasteiger partial charge in [-0.05, 0) is 51.4 Å². The molecule has 0 saturated carbocycles. The van der Waals surface area contributed by atoms with Crippen LogP contribution < -0.4 is 0 Å². The number of carbonyl (C=O) groups excluding carboxylic acids is 3. The second-order valence-corrected chi connectivity index (χ2v) is 16.9. The number of esters is 3. The van der Waals surface area contributed by atoms with Crippen LogP contribution in [0, 0.1) is 0 Å². The fourth-order valence-electron chi connectivity index (χ4n) is 6.84. The lowest BCUT2D eigenvalue weighted by Crippen LogP contribution is -2.30. The molecular weight excluding hydrogens is 805 g/mol. The van der Waals surface area contributed by atoms with Crippen molar-refractivity contribution in [3.05, 3.63) is 122 Å². The van der Waals surface area contributed by atoms with Gasteiger partial charge in [0.2, 0.25) is 0 Å². The number of rotatable bonds is 45. The van der Waals surface area contributed by atoms with Crippen LogP contribution in [0.1, 0.15) is 213 Å². The molecule has 6 heteroatoms. The molecule has 0 amide bonds. The first kappa shape index (κ1) is 60.8. The smallest absolute Gasteiger partial charge is 0.309 e. The van der Waals surface area contributed by atoms with Gasteiger partial charge >= 0.3 is 17.9 Å². The van der Waals surface area contributed by atoms with E-state index in [1.165, 1.54) is 103 Å². The van der Waals surface area contributed by atoms with Crippen molar-refractivity contribution in [3.63, 3.8) is 0 Å². The summed E-state index contributed by atoms with van der Waals surface area (Å²) < 4.78 is 16.6. The molecule has 0 aromatic carbocycles. The maximum Gasteiger partial charge on any atom is 0.309 e. The summed E-state index contributed by atoms with van der Waals surface area (Å²) in [6.07, 6.45) is 72.2. The lowest BCUT2D eigenvalue weighted by molar-refractivity contribution is -0.166. The Morgan fingerprint density at radius 1 is 0.354 bits per heavy atom. The van der Waals surface area contributed by atoms with Gasteiger partial charge in [-0.15, -0.1) is 0 Å². The van der Waals surface area contributed by atoms with Crippen LogP contribution in [0.4, 0.5) is 0 Å². The van der Waals surface area contributed by atoms with Crippen LogP contribution in [0.2, 0.25) is 0 Å². The molecule has 6 nitrogen and oxygen atoms in total. The van der Waals surface area contributed by atoms with Crippen molar-refractivity contribution in [1.82, 2.24) is 0 Å². The van der Waals surface area contributed by atoms with Crippen molar-refractivity contribution in [3.8, 4) is 0 Å². The van der Waals surface area contributed by atoms with E-state index in [1.54, 1.807) is 6.08 Å². The van der Waals surface area contributed by atoms with Crippen LogP contribution in [0.15, 0.2) is 122 Å². The van der Waals surface area contributed by atoms with E-state index in [0.29, 0.717) is 12.8 Å². The molecule has 0 N–H and O–H groups in total. The van der Waals surface area contributed by atoms with E-state index < -0.39 is 12.1 Å². The first-order valence-electron chi connectivity index (χ1n) is 26.1. The molecular formula is C59H94O6. The van der Waals surface area contributed by atoms with Crippen LogP contribution >= 0.6 is 0 Å². The summed E-state index contributed by atoms with van der Waals surface area (Å²) in [6.45, 7) is 6.23. The monoisotopic (exact) mass is 899 g/mol. The molecule has 0 aromatic heterocycles. The van der Waals surface area contributed by atoms with E-state index in [2.05, 4.69) is 57.2 Å². The van der Waals surface area contributed by atoms with Crippen LogP contribution in [0.25, 0.3) is 0 Å². The first-order valence-corrected chi connectivity index (χ1v) is 26.1. The van der Waals surface area contributed by atoms with E-state index in [0.717, 1.165) is 64.2 Å². The third-order valence-corrected chi connectivity index (χ3v) is 10.7. The highest BCUT2D eigenvalue weighted by molar-refractivity contribution is 5.72.